The fourth-order valence-electron chi connectivity index (χ4n) is 8.34. The molecule has 1 unspecified atom stereocenters. The molecule has 2 aliphatic heterocycles. The average molecular weight is 720 g/mol. The van der Waals surface area contributed by atoms with E-state index in [-0.39, 0.29) is 35.5 Å². The standard InChI is InChI=1S/C37H61N5O7S/c1-7-22-38-32(45)30(43)26-18-14-11-9-8-10-12-15-19-27(33(46)42-23-25-28(36(25,5)6)29(42)31(44)39-26)40-34(47)41-37(20-16-13-17-21-37)24-50(48,49)35(2,3)4/h7,25-29H,1,8-24H2,2-6H3,(H,38,45)(H,39,44)(H2,40,41,47)/t25-,26-,27?,28-,29-/m0/s1. The van der Waals surface area contributed by atoms with E-state index in [0.717, 1.165) is 51.4 Å². The van der Waals surface area contributed by atoms with Crippen LogP contribution in [0.4, 0.5) is 4.79 Å². The molecule has 4 fully saturated rings. The minimum absolute atomic E-state index is 0.0805. The van der Waals surface area contributed by atoms with Gasteiger partial charge in [0.15, 0.2) is 9.84 Å². The van der Waals surface area contributed by atoms with E-state index >= 15 is 0 Å². The van der Waals surface area contributed by atoms with Gasteiger partial charge in [0.25, 0.3) is 5.91 Å². The van der Waals surface area contributed by atoms with Crippen LogP contribution < -0.4 is 21.3 Å². The lowest BCUT2D eigenvalue weighted by molar-refractivity contribution is -0.144. The van der Waals surface area contributed by atoms with Crippen LogP contribution in [0.2, 0.25) is 0 Å². The summed E-state index contributed by atoms with van der Waals surface area (Å²) in [6, 6.07) is -3.36. The van der Waals surface area contributed by atoms with Crippen LogP contribution in [-0.2, 0) is 29.0 Å². The van der Waals surface area contributed by atoms with E-state index in [1.165, 1.54) is 6.08 Å². The molecule has 2 saturated carbocycles. The lowest BCUT2D eigenvalue weighted by Crippen LogP contribution is -2.62. The van der Waals surface area contributed by atoms with Crippen LogP contribution in [0.3, 0.4) is 0 Å². The summed E-state index contributed by atoms with van der Waals surface area (Å²) in [5.74, 6) is -2.54. The van der Waals surface area contributed by atoms with Crippen molar-refractivity contribution in [2.24, 2.45) is 17.3 Å². The van der Waals surface area contributed by atoms with Crippen molar-refractivity contribution in [2.45, 2.75) is 153 Å². The number of nitrogens with zero attached hydrogens (tertiary/aromatic N) is 1. The minimum atomic E-state index is -3.55. The second kappa shape index (κ2) is 16.2. The van der Waals surface area contributed by atoms with Gasteiger partial charge < -0.3 is 26.2 Å². The smallest absolute Gasteiger partial charge is 0.315 e. The van der Waals surface area contributed by atoms with Crippen LogP contribution in [-0.4, -0.2) is 90.1 Å². The minimum Gasteiger partial charge on any atom is -0.346 e. The van der Waals surface area contributed by atoms with Crippen LogP contribution in [0.25, 0.3) is 0 Å². The number of piperidine rings is 1. The second-order valence-corrected chi connectivity index (χ2v) is 19.5. The highest BCUT2D eigenvalue weighted by Crippen LogP contribution is 2.65. The molecule has 13 heteroatoms. The molecule has 5 atom stereocenters. The monoisotopic (exact) mass is 719 g/mol. The Morgan fingerprint density at radius 3 is 2.12 bits per heavy atom. The van der Waals surface area contributed by atoms with Crippen LogP contribution in [0.1, 0.15) is 125 Å². The van der Waals surface area contributed by atoms with Crippen molar-refractivity contribution in [2.75, 3.05) is 18.8 Å². The van der Waals surface area contributed by atoms with Gasteiger partial charge in [0.1, 0.15) is 12.1 Å². The maximum Gasteiger partial charge on any atom is 0.315 e. The molecule has 12 nitrogen and oxygen atoms in total. The third-order valence-electron chi connectivity index (χ3n) is 11.7. The van der Waals surface area contributed by atoms with Gasteiger partial charge in [-0.2, -0.15) is 0 Å². The van der Waals surface area contributed by atoms with Crippen molar-refractivity contribution in [1.29, 1.82) is 0 Å². The van der Waals surface area contributed by atoms with Gasteiger partial charge in [0.2, 0.25) is 17.6 Å². The Hall–Kier alpha value is -2.96. The summed E-state index contributed by atoms with van der Waals surface area (Å²) < 4.78 is 25.7. The molecule has 0 bridgehead atoms. The van der Waals surface area contributed by atoms with E-state index in [4.69, 9.17) is 0 Å². The molecule has 5 amide bonds. The number of carbonyl (C=O) groups is 5. The summed E-state index contributed by atoms with van der Waals surface area (Å²) in [4.78, 5) is 69.7. The molecular weight excluding hydrogens is 659 g/mol. The largest absolute Gasteiger partial charge is 0.346 e. The number of nitrogens with one attached hydrogen (secondary N) is 4. The first-order valence-corrected chi connectivity index (χ1v) is 20.4. The van der Waals surface area contributed by atoms with E-state index in [1.807, 2.05) is 0 Å². The first kappa shape index (κ1) is 39.8. The lowest BCUT2D eigenvalue weighted by atomic mass is 9.83. The fourth-order valence-corrected chi connectivity index (χ4v) is 9.86. The highest BCUT2D eigenvalue weighted by molar-refractivity contribution is 7.92. The molecule has 4 aliphatic rings. The number of sulfone groups is 1. The van der Waals surface area contributed by atoms with Crippen LogP contribution in [0, 0.1) is 17.3 Å². The van der Waals surface area contributed by atoms with Crippen LogP contribution in [0.5, 0.6) is 0 Å². The predicted molar refractivity (Wildman–Crippen MR) is 193 cm³/mol. The first-order valence-electron chi connectivity index (χ1n) is 18.8. The summed E-state index contributed by atoms with van der Waals surface area (Å²) in [6.07, 6.45) is 11.8. The zero-order valence-corrected chi connectivity index (χ0v) is 31.7. The maximum absolute atomic E-state index is 14.4. The van der Waals surface area contributed by atoms with Gasteiger partial charge in [-0.3, -0.25) is 19.2 Å². The summed E-state index contributed by atoms with van der Waals surface area (Å²) in [6.45, 7) is 13.2. The van der Waals surface area contributed by atoms with Crippen molar-refractivity contribution >= 4 is 39.4 Å². The van der Waals surface area contributed by atoms with Crippen molar-refractivity contribution in [3.63, 3.8) is 0 Å². The Labute approximate surface area is 299 Å². The van der Waals surface area contributed by atoms with E-state index in [1.54, 1.807) is 25.7 Å². The van der Waals surface area contributed by atoms with Crippen molar-refractivity contribution in [3.8, 4) is 0 Å². The van der Waals surface area contributed by atoms with E-state index in [9.17, 15) is 32.4 Å². The van der Waals surface area contributed by atoms with Gasteiger partial charge in [-0.15, -0.1) is 6.58 Å². The van der Waals surface area contributed by atoms with E-state index in [2.05, 4.69) is 41.7 Å². The maximum atomic E-state index is 14.4. The van der Waals surface area contributed by atoms with E-state index in [0.29, 0.717) is 45.1 Å². The number of amides is 5. The number of ketones is 1. The Balaban J connectivity index is 1.58. The Kier molecular flexibility index (Phi) is 12.9. The summed E-state index contributed by atoms with van der Waals surface area (Å²) >= 11 is 0. The molecule has 4 N–H and O–H groups in total. The third-order valence-corrected chi connectivity index (χ3v) is 14.5. The predicted octanol–water partition coefficient (Wildman–Crippen LogP) is 3.93. The summed E-state index contributed by atoms with van der Waals surface area (Å²) in [5, 5.41) is 11.3. The Morgan fingerprint density at radius 1 is 0.940 bits per heavy atom. The Bertz CT molecular complexity index is 1400. The topological polar surface area (TPSA) is 171 Å². The molecule has 2 saturated heterocycles. The van der Waals surface area contributed by atoms with Crippen LogP contribution >= 0.6 is 0 Å². The molecular formula is C37H61N5O7S. The van der Waals surface area contributed by atoms with Gasteiger partial charge in [-0.05, 0) is 63.7 Å². The zero-order chi connectivity index (χ0) is 36.9. The molecule has 0 aromatic carbocycles. The fraction of sp³-hybridized carbons (Fsp3) is 0.811. The van der Waals surface area contributed by atoms with Gasteiger partial charge in [-0.1, -0.05) is 84.1 Å². The number of hydrogen-bond acceptors (Lipinski definition) is 7. The molecule has 2 aliphatic carbocycles. The SMILES string of the molecule is C=CCNC(=O)C(=O)[C@@H]1CCCCCCCCCC(NC(=O)NC2(CS(=O)(=O)C(C)(C)C)CCCCC2)C(=O)N2C[C@H]3[C@@H]([C@H]2C(=O)N1)C3(C)C. The van der Waals surface area contributed by atoms with Gasteiger partial charge >= 0.3 is 6.03 Å². The molecule has 50 heavy (non-hydrogen) atoms. The number of rotatable bonds is 8. The normalized spacial score (nSPS) is 29.1. The van der Waals surface area contributed by atoms with Gasteiger partial charge in [0.05, 0.1) is 22.1 Å². The summed E-state index contributed by atoms with van der Waals surface area (Å²) in [5.41, 5.74) is -1.12. The van der Waals surface area contributed by atoms with Gasteiger partial charge in [-0.25, -0.2) is 13.2 Å². The highest BCUT2D eigenvalue weighted by atomic mass is 32.2. The average Bonchev–Trinajstić information content (AvgIpc) is 3.34. The van der Waals surface area contributed by atoms with Crippen molar-refractivity contribution in [1.82, 2.24) is 26.2 Å². The number of fused-ring (bicyclic) bond motifs is 3. The number of urea groups is 1. The molecule has 0 spiro atoms. The second-order valence-electron chi connectivity index (χ2n) is 16.7. The molecule has 4 rings (SSSR count). The molecule has 0 radical (unpaired) electrons. The molecule has 2 heterocycles. The van der Waals surface area contributed by atoms with E-state index < -0.39 is 61.9 Å². The summed E-state index contributed by atoms with van der Waals surface area (Å²) in [7, 11) is -3.55. The third kappa shape index (κ3) is 9.28. The van der Waals surface area contributed by atoms with Crippen molar-refractivity contribution in [3.05, 3.63) is 12.7 Å². The quantitative estimate of drug-likeness (QED) is 0.218. The molecule has 0 aromatic heterocycles. The highest BCUT2D eigenvalue weighted by Gasteiger charge is 2.69. The number of carbonyl (C=O) groups excluding carboxylic acids is 5. The molecule has 0 aromatic rings. The van der Waals surface area contributed by atoms with Crippen LogP contribution in [0.15, 0.2) is 12.7 Å². The zero-order valence-electron chi connectivity index (χ0n) is 30.9. The first-order chi connectivity index (χ1) is 23.4. The molecule has 282 valence electrons. The number of Topliss-reactive ketones (excluding diaryl/α,β-unsaturated/α-hetero) is 1. The van der Waals surface area contributed by atoms with Crippen molar-refractivity contribution < 1.29 is 32.4 Å². The lowest BCUT2D eigenvalue weighted by Gasteiger charge is -2.40. The van der Waals surface area contributed by atoms with Gasteiger partial charge in [0, 0.05) is 13.1 Å². The Morgan fingerprint density at radius 2 is 1.52 bits per heavy atom. The number of hydrogen-bond donors (Lipinski definition) is 4.